The van der Waals surface area contributed by atoms with Gasteiger partial charge < -0.3 is 11.1 Å². The number of hydrogen-bond acceptors (Lipinski definition) is 3. The van der Waals surface area contributed by atoms with Gasteiger partial charge in [-0.05, 0) is 51.5 Å². The summed E-state index contributed by atoms with van der Waals surface area (Å²) in [6.45, 7) is 6.82. The maximum atomic E-state index is 11.7. The van der Waals surface area contributed by atoms with Gasteiger partial charge in [0.2, 0.25) is 5.91 Å². The standard InChI is InChI=1S/C15H23BrN2OS/c1-11(17)4-9-14(19)18-10-15(2,3)20-13-7-5-12(16)6-8-13/h5-8,11H,4,9-10,17H2,1-3H3,(H,18,19). The Morgan fingerprint density at radius 1 is 1.40 bits per heavy atom. The van der Waals surface area contributed by atoms with Crippen molar-refractivity contribution in [2.75, 3.05) is 6.54 Å². The second-order valence-corrected chi connectivity index (χ2v) is 8.30. The fourth-order valence-corrected chi connectivity index (χ4v) is 2.94. The smallest absolute Gasteiger partial charge is 0.220 e. The van der Waals surface area contributed by atoms with Gasteiger partial charge in [0.15, 0.2) is 0 Å². The van der Waals surface area contributed by atoms with Gasteiger partial charge in [0, 0.05) is 33.1 Å². The van der Waals surface area contributed by atoms with Gasteiger partial charge in [-0.25, -0.2) is 0 Å². The number of carbonyl (C=O) groups excluding carboxylic acids is 1. The highest BCUT2D eigenvalue weighted by Gasteiger charge is 2.20. The molecule has 5 heteroatoms. The van der Waals surface area contributed by atoms with Crippen molar-refractivity contribution < 1.29 is 4.79 Å². The van der Waals surface area contributed by atoms with Crippen LogP contribution in [-0.4, -0.2) is 23.2 Å². The first-order chi connectivity index (χ1) is 9.28. The molecule has 0 bridgehead atoms. The molecule has 1 unspecified atom stereocenters. The Balaban J connectivity index is 2.41. The van der Waals surface area contributed by atoms with E-state index in [0.717, 1.165) is 10.9 Å². The van der Waals surface area contributed by atoms with Crippen molar-refractivity contribution in [1.29, 1.82) is 0 Å². The van der Waals surface area contributed by atoms with Crippen LogP contribution in [0.25, 0.3) is 0 Å². The number of nitrogens with two attached hydrogens (primary N) is 1. The van der Waals surface area contributed by atoms with Gasteiger partial charge >= 0.3 is 0 Å². The number of rotatable bonds is 7. The van der Waals surface area contributed by atoms with Crippen molar-refractivity contribution in [1.82, 2.24) is 5.32 Å². The molecule has 0 spiro atoms. The van der Waals surface area contributed by atoms with E-state index in [1.165, 1.54) is 4.90 Å². The first kappa shape index (κ1) is 17.5. The first-order valence-electron chi connectivity index (χ1n) is 6.75. The number of halogens is 1. The summed E-state index contributed by atoms with van der Waals surface area (Å²) < 4.78 is 1.03. The molecule has 1 rings (SSSR count). The highest BCUT2D eigenvalue weighted by molar-refractivity contribution is 9.10. The molecule has 1 aromatic rings. The van der Waals surface area contributed by atoms with E-state index >= 15 is 0 Å². The summed E-state index contributed by atoms with van der Waals surface area (Å²) in [6, 6.07) is 8.29. The van der Waals surface area contributed by atoms with Crippen LogP contribution in [0.4, 0.5) is 0 Å². The molecule has 0 saturated heterocycles. The molecule has 0 heterocycles. The van der Waals surface area contributed by atoms with E-state index < -0.39 is 0 Å². The summed E-state index contributed by atoms with van der Waals surface area (Å²) in [5, 5.41) is 2.99. The van der Waals surface area contributed by atoms with Crippen molar-refractivity contribution in [3.8, 4) is 0 Å². The number of nitrogens with one attached hydrogen (secondary N) is 1. The number of hydrogen-bond donors (Lipinski definition) is 2. The predicted octanol–water partition coefficient (Wildman–Crippen LogP) is 3.56. The Labute approximate surface area is 134 Å². The van der Waals surface area contributed by atoms with Gasteiger partial charge in [0.05, 0.1) is 0 Å². The minimum atomic E-state index is -0.0438. The van der Waals surface area contributed by atoms with Crippen molar-refractivity contribution in [2.45, 2.75) is 49.3 Å². The largest absolute Gasteiger partial charge is 0.355 e. The van der Waals surface area contributed by atoms with Gasteiger partial charge in [0.1, 0.15) is 0 Å². The van der Waals surface area contributed by atoms with Crippen LogP contribution in [0, 0.1) is 0 Å². The van der Waals surface area contributed by atoms with Crippen LogP contribution < -0.4 is 11.1 Å². The van der Waals surface area contributed by atoms with Crippen LogP contribution in [0.1, 0.15) is 33.6 Å². The summed E-state index contributed by atoms with van der Waals surface area (Å²) in [7, 11) is 0. The Bertz CT molecular complexity index is 432. The van der Waals surface area contributed by atoms with Crippen molar-refractivity contribution in [2.24, 2.45) is 5.73 Å². The maximum Gasteiger partial charge on any atom is 0.220 e. The lowest BCUT2D eigenvalue weighted by Gasteiger charge is -2.24. The lowest BCUT2D eigenvalue weighted by molar-refractivity contribution is -0.121. The van der Waals surface area contributed by atoms with Crippen LogP contribution in [0.3, 0.4) is 0 Å². The van der Waals surface area contributed by atoms with Crippen LogP contribution in [0.15, 0.2) is 33.6 Å². The second kappa shape index (κ2) is 8.05. The maximum absolute atomic E-state index is 11.7. The zero-order valence-electron chi connectivity index (χ0n) is 12.3. The van der Waals surface area contributed by atoms with Crippen molar-refractivity contribution in [3.63, 3.8) is 0 Å². The highest BCUT2D eigenvalue weighted by atomic mass is 79.9. The normalized spacial score (nSPS) is 13.1. The Hall–Kier alpha value is -0.520. The summed E-state index contributed by atoms with van der Waals surface area (Å²) in [4.78, 5) is 12.9. The van der Waals surface area contributed by atoms with Gasteiger partial charge in [-0.1, -0.05) is 15.9 Å². The molecule has 0 saturated carbocycles. The third-order valence-corrected chi connectivity index (χ3v) is 4.48. The summed E-state index contributed by atoms with van der Waals surface area (Å²) in [5.74, 6) is 0.0757. The zero-order chi connectivity index (χ0) is 15.2. The molecular formula is C15H23BrN2OS. The monoisotopic (exact) mass is 358 g/mol. The Morgan fingerprint density at radius 3 is 2.55 bits per heavy atom. The molecule has 3 nitrogen and oxygen atoms in total. The lowest BCUT2D eigenvalue weighted by Crippen LogP contribution is -2.36. The van der Waals surface area contributed by atoms with Crippen LogP contribution >= 0.6 is 27.7 Å². The molecule has 0 aromatic heterocycles. The molecule has 20 heavy (non-hydrogen) atoms. The average Bonchev–Trinajstić information content (AvgIpc) is 2.36. The molecule has 1 aromatic carbocycles. The molecule has 0 aliphatic heterocycles. The summed E-state index contributed by atoms with van der Waals surface area (Å²) >= 11 is 5.19. The Morgan fingerprint density at radius 2 is 2.00 bits per heavy atom. The average molecular weight is 359 g/mol. The fraction of sp³-hybridized carbons (Fsp3) is 0.533. The van der Waals surface area contributed by atoms with E-state index in [1.807, 2.05) is 19.1 Å². The van der Waals surface area contributed by atoms with E-state index in [4.69, 9.17) is 5.73 Å². The van der Waals surface area contributed by atoms with E-state index in [9.17, 15) is 4.79 Å². The minimum absolute atomic E-state index is 0.0438. The van der Waals surface area contributed by atoms with E-state index in [0.29, 0.717) is 13.0 Å². The number of carbonyl (C=O) groups is 1. The van der Waals surface area contributed by atoms with E-state index in [-0.39, 0.29) is 16.7 Å². The van der Waals surface area contributed by atoms with E-state index in [1.54, 1.807) is 11.8 Å². The third kappa shape index (κ3) is 7.31. The molecular weight excluding hydrogens is 336 g/mol. The molecule has 0 aliphatic rings. The highest BCUT2D eigenvalue weighted by Crippen LogP contribution is 2.32. The van der Waals surface area contributed by atoms with Crippen LogP contribution in [0.2, 0.25) is 0 Å². The van der Waals surface area contributed by atoms with Crippen LogP contribution in [0.5, 0.6) is 0 Å². The fourth-order valence-electron chi connectivity index (χ4n) is 1.62. The van der Waals surface area contributed by atoms with Gasteiger partial charge in [-0.3, -0.25) is 4.79 Å². The van der Waals surface area contributed by atoms with Crippen molar-refractivity contribution >= 4 is 33.6 Å². The molecule has 0 radical (unpaired) electrons. The van der Waals surface area contributed by atoms with Crippen molar-refractivity contribution in [3.05, 3.63) is 28.7 Å². The van der Waals surface area contributed by atoms with E-state index in [2.05, 4.69) is 47.2 Å². The minimum Gasteiger partial charge on any atom is -0.355 e. The lowest BCUT2D eigenvalue weighted by atomic mass is 10.1. The SMILES string of the molecule is CC(N)CCC(=O)NCC(C)(C)Sc1ccc(Br)cc1. The number of amides is 1. The quantitative estimate of drug-likeness (QED) is 0.732. The zero-order valence-corrected chi connectivity index (χ0v) is 14.7. The molecule has 1 amide bonds. The molecule has 0 aliphatic carbocycles. The number of thioether (sulfide) groups is 1. The Kier molecular flexibility index (Phi) is 7.06. The van der Waals surface area contributed by atoms with Gasteiger partial charge in [-0.15, -0.1) is 11.8 Å². The molecule has 1 atom stereocenters. The summed E-state index contributed by atoms with van der Waals surface area (Å²) in [6.07, 6.45) is 1.23. The summed E-state index contributed by atoms with van der Waals surface area (Å²) in [5.41, 5.74) is 5.65. The number of benzene rings is 1. The second-order valence-electron chi connectivity index (χ2n) is 5.61. The predicted molar refractivity (Wildman–Crippen MR) is 90.0 cm³/mol. The molecule has 112 valence electrons. The molecule has 0 fully saturated rings. The first-order valence-corrected chi connectivity index (χ1v) is 8.36. The van der Waals surface area contributed by atoms with Gasteiger partial charge in [-0.2, -0.15) is 0 Å². The van der Waals surface area contributed by atoms with Crippen LogP contribution in [-0.2, 0) is 4.79 Å². The topological polar surface area (TPSA) is 55.1 Å². The third-order valence-electron chi connectivity index (χ3n) is 2.75. The van der Waals surface area contributed by atoms with Gasteiger partial charge in [0.25, 0.3) is 0 Å². The molecule has 3 N–H and O–H groups in total.